The van der Waals surface area contributed by atoms with E-state index in [-0.39, 0.29) is 0 Å². The maximum absolute atomic E-state index is 13.1. The van der Waals surface area contributed by atoms with Crippen LogP contribution in [0.4, 0.5) is 19.3 Å². The van der Waals surface area contributed by atoms with E-state index in [9.17, 15) is 23.2 Å². The Morgan fingerprint density at radius 2 is 1.76 bits per heavy atom. The second-order valence-corrected chi connectivity index (χ2v) is 4.05. The number of amides is 3. The van der Waals surface area contributed by atoms with Crippen LogP contribution in [0.5, 0.6) is 0 Å². The van der Waals surface area contributed by atoms with Crippen molar-refractivity contribution in [1.29, 1.82) is 0 Å². The van der Waals surface area contributed by atoms with Crippen molar-refractivity contribution in [3.63, 3.8) is 0 Å². The van der Waals surface area contributed by atoms with E-state index < -0.39 is 46.8 Å². The van der Waals surface area contributed by atoms with E-state index in [1.807, 2.05) is 0 Å². The molecule has 3 amide bonds. The molecular weight excluding hydrogens is 288 g/mol. The minimum absolute atomic E-state index is 0.428. The first-order valence-corrected chi connectivity index (χ1v) is 5.77. The third-order valence-corrected chi connectivity index (χ3v) is 2.53. The Bertz CT molecular complexity index is 592. The second kappa shape index (κ2) is 6.64. The molecule has 0 saturated carbocycles. The second-order valence-electron chi connectivity index (χ2n) is 4.05. The van der Waals surface area contributed by atoms with Crippen LogP contribution in [0.1, 0.15) is 17.3 Å². The van der Waals surface area contributed by atoms with Gasteiger partial charge < -0.3 is 21.1 Å². The quantitative estimate of drug-likeness (QED) is 0.663. The molecule has 0 saturated heterocycles. The van der Waals surface area contributed by atoms with Gasteiger partial charge in [-0.2, -0.15) is 0 Å². The van der Waals surface area contributed by atoms with Crippen LogP contribution < -0.4 is 16.0 Å². The summed E-state index contributed by atoms with van der Waals surface area (Å²) in [5.74, 6) is -4.68. The van der Waals surface area contributed by atoms with Crippen molar-refractivity contribution in [1.82, 2.24) is 10.6 Å². The van der Waals surface area contributed by atoms with E-state index in [1.54, 1.807) is 0 Å². The van der Waals surface area contributed by atoms with E-state index in [0.29, 0.717) is 12.1 Å². The lowest BCUT2D eigenvalue weighted by Gasteiger charge is -2.14. The summed E-state index contributed by atoms with van der Waals surface area (Å²) in [6, 6.07) is -0.827. The van der Waals surface area contributed by atoms with E-state index in [0.717, 1.165) is 0 Å². The Morgan fingerprint density at radius 3 is 2.29 bits per heavy atom. The summed E-state index contributed by atoms with van der Waals surface area (Å²) in [4.78, 5) is 33.7. The van der Waals surface area contributed by atoms with Gasteiger partial charge in [0.1, 0.15) is 6.04 Å². The molecule has 1 unspecified atom stereocenters. The van der Waals surface area contributed by atoms with E-state index in [2.05, 4.69) is 16.0 Å². The van der Waals surface area contributed by atoms with E-state index in [1.165, 1.54) is 14.0 Å². The molecule has 1 aromatic rings. The summed E-state index contributed by atoms with van der Waals surface area (Å²) in [5.41, 5.74) is -1.04. The zero-order chi connectivity index (χ0) is 16.2. The molecule has 0 bridgehead atoms. The van der Waals surface area contributed by atoms with Gasteiger partial charge in [0.15, 0.2) is 11.6 Å². The number of carbonyl (C=O) groups excluding carboxylic acids is 2. The van der Waals surface area contributed by atoms with Crippen LogP contribution in [0.25, 0.3) is 0 Å². The lowest BCUT2D eigenvalue weighted by atomic mass is 10.1. The first kappa shape index (κ1) is 16.3. The van der Waals surface area contributed by atoms with Gasteiger partial charge in [0.25, 0.3) is 0 Å². The Morgan fingerprint density at radius 1 is 1.19 bits per heavy atom. The predicted molar refractivity (Wildman–Crippen MR) is 69.0 cm³/mol. The number of rotatable bonds is 4. The SMILES string of the molecule is CNC(=O)C(C)NC(=O)Nc1cc(F)c(F)cc1C(=O)O. The van der Waals surface area contributed by atoms with Gasteiger partial charge in [0, 0.05) is 13.1 Å². The summed E-state index contributed by atoms with van der Waals surface area (Å²) in [7, 11) is 1.37. The molecule has 0 aromatic heterocycles. The third-order valence-electron chi connectivity index (χ3n) is 2.53. The average molecular weight is 301 g/mol. The zero-order valence-electron chi connectivity index (χ0n) is 11.2. The molecule has 9 heteroatoms. The fourth-order valence-corrected chi connectivity index (χ4v) is 1.46. The molecule has 0 aliphatic heterocycles. The van der Waals surface area contributed by atoms with Gasteiger partial charge in [-0.3, -0.25) is 4.79 Å². The number of carboxylic acid groups (broad SMARTS) is 1. The summed E-state index contributed by atoms with van der Waals surface area (Å²) >= 11 is 0. The van der Waals surface area contributed by atoms with Crippen molar-refractivity contribution in [3.05, 3.63) is 29.3 Å². The summed E-state index contributed by atoms with van der Waals surface area (Å²) in [5, 5.41) is 15.4. The predicted octanol–water partition coefficient (Wildman–Crippen LogP) is 0.919. The Kier molecular flexibility index (Phi) is 5.17. The Labute approximate surface area is 118 Å². The van der Waals surface area contributed by atoms with Crippen LogP contribution in [0.2, 0.25) is 0 Å². The number of urea groups is 1. The smallest absolute Gasteiger partial charge is 0.337 e. The van der Waals surface area contributed by atoms with Gasteiger partial charge in [-0.05, 0) is 13.0 Å². The van der Waals surface area contributed by atoms with Crippen molar-refractivity contribution < 1.29 is 28.3 Å². The van der Waals surface area contributed by atoms with Gasteiger partial charge in [0.05, 0.1) is 11.3 Å². The van der Waals surface area contributed by atoms with E-state index in [4.69, 9.17) is 5.11 Å². The monoisotopic (exact) mass is 301 g/mol. The highest BCUT2D eigenvalue weighted by atomic mass is 19.2. The molecule has 1 aromatic carbocycles. The fourth-order valence-electron chi connectivity index (χ4n) is 1.46. The molecule has 21 heavy (non-hydrogen) atoms. The lowest BCUT2D eigenvalue weighted by molar-refractivity contribution is -0.122. The first-order valence-electron chi connectivity index (χ1n) is 5.77. The first-order chi connectivity index (χ1) is 9.76. The Balaban J connectivity index is 2.92. The van der Waals surface area contributed by atoms with Crippen molar-refractivity contribution >= 4 is 23.6 Å². The maximum Gasteiger partial charge on any atom is 0.337 e. The molecule has 1 rings (SSSR count). The molecule has 0 spiro atoms. The number of benzene rings is 1. The fraction of sp³-hybridized carbons (Fsp3) is 0.250. The molecule has 0 aliphatic carbocycles. The highest BCUT2D eigenvalue weighted by molar-refractivity contribution is 6.01. The molecule has 0 radical (unpaired) electrons. The number of likely N-dealkylation sites (N-methyl/N-ethyl adjacent to an activating group) is 1. The summed E-state index contributed by atoms with van der Waals surface area (Å²) in [6.45, 7) is 1.39. The number of hydrogen-bond acceptors (Lipinski definition) is 3. The number of hydrogen-bond donors (Lipinski definition) is 4. The molecular formula is C12H13F2N3O4. The minimum Gasteiger partial charge on any atom is -0.478 e. The minimum atomic E-state index is -1.54. The van der Waals surface area contributed by atoms with Gasteiger partial charge in [-0.25, -0.2) is 18.4 Å². The van der Waals surface area contributed by atoms with Gasteiger partial charge >= 0.3 is 12.0 Å². The van der Waals surface area contributed by atoms with Crippen LogP contribution in [0.3, 0.4) is 0 Å². The van der Waals surface area contributed by atoms with Crippen LogP contribution in [0, 0.1) is 11.6 Å². The lowest BCUT2D eigenvalue weighted by Crippen LogP contribution is -2.45. The molecule has 0 fully saturated rings. The maximum atomic E-state index is 13.1. The number of halogens is 2. The molecule has 0 aliphatic rings. The van der Waals surface area contributed by atoms with Crippen LogP contribution in [-0.4, -0.2) is 36.1 Å². The summed E-state index contributed by atoms with van der Waals surface area (Å²) in [6.07, 6.45) is 0. The van der Waals surface area contributed by atoms with E-state index >= 15 is 0 Å². The third kappa shape index (κ3) is 4.13. The Hall–Kier alpha value is -2.71. The number of carbonyl (C=O) groups is 3. The molecule has 7 nitrogen and oxygen atoms in total. The number of carboxylic acids is 1. The van der Waals surface area contributed by atoms with Crippen LogP contribution in [0.15, 0.2) is 12.1 Å². The largest absolute Gasteiger partial charge is 0.478 e. The van der Waals surface area contributed by atoms with Crippen molar-refractivity contribution in [2.75, 3.05) is 12.4 Å². The zero-order valence-corrected chi connectivity index (χ0v) is 11.2. The highest BCUT2D eigenvalue weighted by Crippen LogP contribution is 2.20. The van der Waals surface area contributed by atoms with Gasteiger partial charge in [-0.1, -0.05) is 0 Å². The average Bonchev–Trinajstić information content (AvgIpc) is 2.41. The normalized spacial score (nSPS) is 11.4. The number of anilines is 1. The molecule has 1 atom stereocenters. The topological polar surface area (TPSA) is 108 Å². The number of nitrogens with one attached hydrogen (secondary N) is 3. The van der Waals surface area contributed by atoms with Crippen LogP contribution >= 0.6 is 0 Å². The van der Waals surface area contributed by atoms with Crippen molar-refractivity contribution in [3.8, 4) is 0 Å². The standard InChI is InChI=1S/C12H13F2N3O4/c1-5(10(18)15-2)16-12(21)17-9-4-8(14)7(13)3-6(9)11(19)20/h3-5H,1-2H3,(H,15,18)(H,19,20)(H2,16,17,21). The number of aromatic carboxylic acids is 1. The molecule has 4 N–H and O–H groups in total. The highest BCUT2D eigenvalue weighted by Gasteiger charge is 2.19. The summed E-state index contributed by atoms with van der Waals surface area (Å²) < 4.78 is 26.1. The van der Waals surface area contributed by atoms with Gasteiger partial charge in [-0.15, -0.1) is 0 Å². The van der Waals surface area contributed by atoms with Crippen molar-refractivity contribution in [2.24, 2.45) is 0 Å². The molecule has 0 heterocycles. The molecule has 114 valence electrons. The van der Waals surface area contributed by atoms with Gasteiger partial charge in [0.2, 0.25) is 5.91 Å². The van der Waals surface area contributed by atoms with Crippen LogP contribution in [-0.2, 0) is 4.79 Å². The van der Waals surface area contributed by atoms with Crippen molar-refractivity contribution in [2.45, 2.75) is 13.0 Å².